The SMILES string of the molecule is CC1OB(c2ccnc3[nH]ccc23)OC1(C)C. The van der Waals surface area contributed by atoms with Crippen molar-refractivity contribution in [2.45, 2.75) is 32.5 Å². The van der Waals surface area contributed by atoms with Gasteiger partial charge in [0.25, 0.3) is 0 Å². The van der Waals surface area contributed by atoms with Gasteiger partial charge in [-0.2, -0.15) is 0 Å². The first-order valence-electron chi connectivity index (χ1n) is 5.83. The number of fused-ring (bicyclic) bond motifs is 1. The number of aromatic nitrogens is 2. The van der Waals surface area contributed by atoms with E-state index in [-0.39, 0.29) is 18.8 Å². The van der Waals surface area contributed by atoms with Gasteiger partial charge in [0.05, 0.1) is 11.7 Å². The van der Waals surface area contributed by atoms with Gasteiger partial charge in [-0.05, 0) is 38.4 Å². The van der Waals surface area contributed by atoms with Crippen LogP contribution in [0.1, 0.15) is 20.8 Å². The van der Waals surface area contributed by atoms with E-state index in [1.54, 1.807) is 6.20 Å². The summed E-state index contributed by atoms with van der Waals surface area (Å²) in [6.07, 6.45) is 3.73. The Morgan fingerprint density at radius 1 is 1.41 bits per heavy atom. The van der Waals surface area contributed by atoms with Gasteiger partial charge in [-0.1, -0.05) is 0 Å². The van der Waals surface area contributed by atoms with Crippen molar-refractivity contribution < 1.29 is 9.31 Å². The van der Waals surface area contributed by atoms with Crippen LogP contribution in [0.15, 0.2) is 24.5 Å². The summed E-state index contributed by atoms with van der Waals surface area (Å²) < 4.78 is 11.8. The maximum absolute atomic E-state index is 5.96. The number of nitrogens with zero attached hydrogens (tertiary/aromatic N) is 1. The van der Waals surface area contributed by atoms with E-state index in [1.165, 1.54) is 0 Å². The van der Waals surface area contributed by atoms with Gasteiger partial charge in [0.15, 0.2) is 0 Å². The van der Waals surface area contributed by atoms with Gasteiger partial charge in [-0.15, -0.1) is 0 Å². The van der Waals surface area contributed by atoms with E-state index in [1.807, 2.05) is 39.1 Å². The first-order chi connectivity index (χ1) is 8.08. The van der Waals surface area contributed by atoms with E-state index >= 15 is 0 Å². The van der Waals surface area contributed by atoms with Gasteiger partial charge in [-0.25, -0.2) is 4.98 Å². The number of hydrogen-bond donors (Lipinski definition) is 1. The second-order valence-electron chi connectivity index (χ2n) is 4.97. The van der Waals surface area contributed by atoms with Crippen LogP contribution in [0.25, 0.3) is 11.0 Å². The average molecular weight is 230 g/mol. The lowest BCUT2D eigenvalue weighted by Gasteiger charge is -2.21. The molecule has 1 saturated heterocycles. The lowest BCUT2D eigenvalue weighted by molar-refractivity contribution is 0.0842. The Labute approximate surface area is 100 Å². The molecular weight excluding hydrogens is 215 g/mol. The molecule has 4 nitrogen and oxygen atoms in total. The molecule has 0 saturated carbocycles. The number of H-pyrrole nitrogens is 1. The molecule has 0 bridgehead atoms. The largest absolute Gasteiger partial charge is 0.495 e. The van der Waals surface area contributed by atoms with Crippen molar-refractivity contribution in [3.63, 3.8) is 0 Å². The van der Waals surface area contributed by atoms with Crippen LogP contribution >= 0.6 is 0 Å². The molecule has 1 aliphatic rings. The molecule has 0 radical (unpaired) electrons. The summed E-state index contributed by atoms with van der Waals surface area (Å²) in [6.45, 7) is 6.13. The number of pyridine rings is 1. The third-order valence-corrected chi connectivity index (χ3v) is 3.47. The van der Waals surface area contributed by atoms with Gasteiger partial charge in [0.2, 0.25) is 0 Å². The summed E-state index contributed by atoms with van der Waals surface area (Å²) in [5.41, 5.74) is 1.65. The van der Waals surface area contributed by atoms with Crippen LogP contribution < -0.4 is 5.46 Å². The second kappa shape index (κ2) is 3.58. The first kappa shape index (κ1) is 10.8. The van der Waals surface area contributed by atoms with E-state index in [4.69, 9.17) is 9.31 Å². The Balaban J connectivity index is 2.03. The van der Waals surface area contributed by atoms with E-state index in [0.29, 0.717) is 0 Å². The van der Waals surface area contributed by atoms with Crippen molar-refractivity contribution in [2.24, 2.45) is 0 Å². The molecule has 3 heterocycles. The van der Waals surface area contributed by atoms with E-state index < -0.39 is 0 Å². The highest BCUT2D eigenvalue weighted by Gasteiger charge is 2.44. The van der Waals surface area contributed by atoms with Gasteiger partial charge >= 0.3 is 7.12 Å². The van der Waals surface area contributed by atoms with Crippen molar-refractivity contribution in [3.05, 3.63) is 24.5 Å². The maximum Gasteiger partial charge on any atom is 0.495 e. The van der Waals surface area contributed by atoms with Gasteiger partial charge in [0.1, 0.15) is 5.65 Å². The molecule has 2 aromatic heterocycles. The fraction of sp³-hybridized carbons (Fsp3) is 0.417. The van der Waals surface area contributed by atoms with Crippen molar-refractivity contribution in [1.29, 1.82) is 0 Å². The Bertz CT molecular complexity index is 552. The minimum Gasteiger partial charge on any atom is -0.402 e. The summed E-state index contributed by atoms with van der Waals surface area (Å²) in [5, 5.41) is 1.06. The van der Waals surface area contributed by atoms with E-state index in [9.17, 15) is 0 Å². The molecular formula is C12H15BN2O2. The molecule has 1 aliphatic heterocycles. The number of hydrogen-bond acceptors (Lipinski definition) is 3. The Morgan fingerprint density at radius 2 is 2.24 bits per heavy atom. The third-order valence-electron chi connectivity index (χ3n) is 3.47. The summed E-state index contributed by atoms with van der Waals surface area (Å²) in [6, 6.07) is 3.95. The molecule has 0 aliphatic carbocycles. The molecule has 1 atom stereocenters. The minimum absolute atomic E-state index is 0.0784. The molecule has 2 aromatic rings. The fourth-order valence-corrected chi connectivity index (χ4v) is 2.07. The first-order valence-corrected chi connectivity index (χ1v) is 5.83. The Hall–Kier alpha value is -1.33. The van der Waals surface area contributed by atoms with Crippen molar-refractivity contribution >= 4 is 23.6 Å². The molecule has 17 heavy (non-hydrogen) atoms. The summed E-state index contributed by atoms with van der Waals surface area (Å²) in [7, 11) is -0.304. The van der Waals surface area contributed by atoms with Gasteiger partial charge < -0.3 is 14.3 Å². The average Bonchev–Trinajstić information content (AvgIpc) is 2.83. The van der Waals surface area contributed by atoms with Crippen LogP contribution in [0.3, 0.4) is 0 Å². The van der Waals surface area contributed by atoms with Crippen LogP contribution in [0, 0.1) is 0 Å². The molecule has 0 spiro atoms. The fourth-order valence-electron chi connectivity index (χ4n) is 2.07. The molecule has 1 unspecified atom stereocenters. The van der Waals surface area contributed by atoms with Crippen molar-refractivity contribution in [1.82, 2.24) is 9.97 Å². The molecule has 0 amide bonds. The lowest BCUT2D eigenvalue weighted by Crippen LogP contribution is -2.35. The van der Waals surface area contributed by atoms with Crippen molar-refractivity contribution in [3.8, 4) is 0 Å². The highest BCUT2D eigenvalue weighted by atomic mass is 16.7. The number of rotatable bonds is 1. The number of nitrogens with one attached hydrogen (secondary N) is 1. The summed E-state index contributed by atoms with van der Waals surface area (Å²) in [5.74, 6) is 0. The zero-order valence-corrected chi connectivity index (χ0v) is 10.2. The van der Waals surface area contributed by atoms with Crippen LogP contribution in [0.4, 0.5) is 0 Å². The normalized spacial score (nSPS) is 23.5. The van der Waals surface area contributed by atoms with Crippen LogP contribution in [0.2, 0.25) is 0 Å². The van der Waals surface area contributed by atoms with Crippen molar-refractivity contribution in [2.75, 3.05) is 0 Å². The van der Waals surface area contributed by atoms with Crippen LogP contribution in [-0.2, 0) is 9.31 Å². The predicted molar refractivity (Wildman–Crippen MR) is 67.2 cm³/mol. The second-order valence-corrected chi connectivity index (χ2v) is 4.97. The smallest absolute Gasteiger partial charge is 0.402 e. The predicted octanol–water partition coefficient (Wildman–Crippen LogP) is 1.47. The van der Waals surface area contributed by atoms with Crippen LogP contribution in [-0.4, -0.2) is 28.8 Å². The third kappa shape index (κ3) is 1.66. The maximum atomic E-state index is 5.96. The molecule has 3 rings (SSSR count). The quantitative estimate of drug-likeness (QED) is 0.754. The molecule has 1 fully saturated rings. The Kier molecular flexibility index (Phi) is 2.28. The van der Waals surface area contributed by atoms with Gasteiger partial charge in [0, 0.05) is 17.8 Å². The topological polar surface area (TPSA) is 47.1 Å². The van der Waals surface area contributed by atoms with Gasteiger partial charge in [-0.3, -0.25) is 0 Å². The minimum atomic E-state index is -0.304. The van der Waals surface area contributed by atoms with Crippen LogP contribution in [0.5, 0.6) is 0 Å². The lowest BCUT2D eigenvalue weighted by atomic mass is 9.78. The monoisotopic (exact) mass is 230 g/mol. The van der Waals surface area contributed by atoms with E-state index in [2.05, 4.69) is 9.97 Å². The number of aromatic amines is 1. The standard InChI is InChI=1S/C12H15BN2O2/c1-8-12(2,3)17-13(16-8)10-5-7-15-11-9(10)4-6-14-11/h4-8H,1-3H3,(H,14,15). The zero-order chi connectivity index (χ0) is 12.0. The molecule has 5 heteroatoms. The summed E-state index contributed by atoms with van der Waals surface area (Å²) in [4.78, 5) is 7.36. The highest BCUT2D eigenvalue weighted by molar-refractivity contribution is 6.64. The Morgan fingerprint density at radius 3 is 2.94 bits per heavy atom. The van der Waals surface area contributed by atoms with E-state index in [0.717, 1.165) is 16.5 Å². The summed E-state index contributed by atoms with van der Waals surface area (Å²) >= 11 is 0. The molecule has 1 N–H and O–H groups in total. The molecule has 88 valence electrons. The highest BCUT2D eigenvalue weighted by Crippen LogP contribution is 2.27. The molecule has 0 aromatic carbocycles. The zero-order valence-electron chi connectivity index (χ0n) is 10.2.